The molecule has 0 aromatic heterocycles. The molecule has 0 spiro atoms. The van der Waals surface area contributed by atoms with Crippen LogP contribution in [0.25, 0.3) is 0 Å². The highest BCUT2D eigenvalue weighted by molar-refractivity contribution is 4.68. The van der Waals surface area contributed by atoms with Gasteiger partial charge in [0.05, 0.1) is 25.7 Å². The van der Waals surface area contributed by atoms with Crippen LogP contribution in [-0.2, 0) is 0 Å². The maximum atomic E-state index is 7.82. The summed E-state index contributed by atoms with van der Waals surface area (Å²) in [7, 11) is 0. The average Bonchev–Trinajstić information content (AvgIpc) is 1.93. The largest absolute Gasteiger partial charge is 0.516 e. The van der Waals surface area contributed by atoms with Crippen molar-refractivity contribution in [1.82, 2.24) is 0 Å². The van der Waals surface area contributed by atoms with Crippen LogP contribution in [0.1, 0.15) is 0 Å². The van der Waals surface area contributed by atoms with Crippen molar-refractivity contribution in [3.05, 3.63) is 24.7 Å². The van der Waals surface area contributed by atoms with Crippen molar-refractivity contribution in [1.29, 1.82) is 0 Å². The van der Waals surface area contributed by atoms with Crippen molar-refractivity contribution in [2.45, 2.75) is 0 Å². The molecule has 0 fully saturated rings. The van der Waals surface area contributed by atoms with E-state index in [0.29, 0.717) is 0 Å². The van der Waals surface area contributed by atoms with Gasteiger partial charge in [-0.05, 0) is 12.2 Å². The van der Waals surface area contributed by atoms with Gasteiger partial charge in [0.25, 0.3) is 0 Å². The fourth-order valence-electron chi connectivity index (χ4n) is 0.0943. The third-order valence-corrected chi connectivity index (χ3v) is 0.422. The van der Waals surface area contributed by atoms with Crippen molar-refractivity contribution in [2.24, 2.45) is 0 Å². The van der Waals surface area contributed by atoms with E-state index >= 15 is 0 Å². The predicted octanol–water partition coefficient (Wildman–Crippen LogP) is 0.101. The Morgan fingerprint density at radius 1 is 0.800 bits per heavy atom. The Kier molecular flexibility index (Phi) is 18.4. The van der Waals surface area contributed by atoms with Crippen LogP contribution in [0.2, 0.25) is 0 Å². The van der Waals surface area contributed by atoms with E-state index in [9.17, 15) is 0 Å². The van der Waals surface area contributed by atoms with Gasteiger partial charge in [-0.15, -0.1) is 0 Å². The minimum Gasteiger partial charge on any atom is -0.516 e. The summed E-state index contributed by atoms with van der Waals surface area (Å²) in [5.74, 6) is 0. The Morgan fingerprint density at radius 2 is 1.10 bits per heavy atom. The number of rotatable bonds is 2. The van der Waals surface area contributed by atoms with E-state index in [1.165, 1.54) is 12.2 Å². The first kappa shape index (κ1) is 11.8. The van der Waals surface area contributed by atoms with Gasteiger partial charge in [0, 0.05) is 0 Å². The molecule has 4 heteroatoms. The van der Waals surface area contributed by atoms with E-state index in [4.69, 9.17) is 20.4 Å². The van der Waals surface area contributed by atoms with E-state index in [-0.39, 0.29) is 13.2 Å². The van der Waals surface area contributed by atoms with Gasteiger partial charge in [0.1, 0.15) is 0 Å². The summed E-state index contributed by atoms with van der Waals surface area (Å²) < 4.78 is 0. The fraction of sp³-hybridized carbons (Fsp3) is 0.333. The Morgan fingerprint density at radius 3 is 1.10 bits per heavy atom. The molecule has 0 rings (SSSR count). The zero-order valence-electron chi connectivity index (χ0n) is 5.51. The standard InChI is InChI=1S/2C3H6O2/c2*4-2-1-3-5/h2*1-2,4-5H,3H2. The SMILES string of the molecule is OC=CCO.OC=CCO. The minimum absolute atomic E-state index is 0.0868. The molecule has 0 aromatic carbocycles. The molecule has 0 bridgehead atoms. The van der Waals surface area contributed by atoms with Gasteiger partial charge in [-0.1, -0.05) is 0 Å². The lowest BCUT2D eigenvalue weighted by Crippen LogP contribution is -1.66. The molecule has 0 unspecified atom stereocenters. The molecule has 0 aliphatic heterocycles. The number of hydrogen-bond donors (Lipinski definition) is 4. The molecule has 0 heterocycles. The lowest BCUT2D eigenvalue weighted by atomic mass is 10.7. The number of aliphatic hydroxyl groups is 4. The molecule has 0 atom stereocenters. The molecule has 0 radical (unpaired) electrons. The van der Waals surface area contributed by atoms with E-state index in [0.717, 1.165) is 12.5 Å². The Bertz CT molecular complexity index is 75.7. The van der Waals surface area contributed by atoms with Crippen LogP contribution in [-0.4, -0.2) is 33.6 Å². The van der Waals surface area contributed by atoms with Gasteiger partial charge >= 0.3 is 0 Å². The number of aliphatic hydroxyl groups excluding tert-OH is 4. The zero-order valence-corrected chi connectivity index (χ0v) is 5.51. The minimum atomic E-state index is -0.0868. The second-order valence-corrected chi connectivity index (χ2v) is 1.13. The molecule has 0 aliphatic rings. The van der Waals surface area contributed by atoms with Gasteiger partial charge in [-0.2, -0.15) is 0 Å². The molecule has 0 aromatic rings. The van der Waals surface area contributed by atoms with Crippen molar-refractivity contribution >= 4 is 0 Å². The first-order chi connectivity index (χ1) is 4.83. The van der Waals surface area contributed by atoms with Crippen LogP contribution >= 0.6 is 0 Å². The Labute approximate surface area is 59.4 Å². The van der Waals surface area contributed by atoms with Gasteiger partial charge in [0.2, 0.25) is 0 Å². The zero-order chi connectivity index (χ0) is 8.24. The quantitative estimate of drug-likeness (QED) is 0.419. The number of hydrogen-bond acceptors (Lipinski definition) is 4. The third kappa shape index (κ3) is 28.0. The second-order valence-electron chi connectivity index (χ2n) is 1.13. The Hall–Kier alpha value is -1.00. The van der Waals surface area contributed by atoms with Crippen molar-refractivity contribution in [3.63, 3.8) is 0 Å². The maximum absolute atomic E-state index is 7.82. The van der Waals surface area contributed by atoms with Crippen LogP contribution in [0.15, 0.2) is 24.7 Å². The molecule has 4 nitrogen and oxygen atoms in total. The lowest BCUT2D eigenvalue weighted by molar-refractivity contribution is 0.336. The molecular formula is C6H12O4. The predicted molar refractivity (Wildman–Crippen MR) is 37.7 cm³/mol. The molecule has 0 saturated carbocycles. The summed E-state index contributed by atoms with van der Waals surface area (Å²) in [6, 6.07) is 0. The summed E-state index contributed by atoms with van der Waals surface area (Å²) in [6.45, 7) is -0.174. The van der Waals surface area contributed by atoms with Crippen LogP contribution < -0.4 is 0 Å². The average molecular weight is 148 g/mol. The van der Waals surface area contributed by atoms with Gasteiger partial charge in [-0.3, -0.25) is 0 Å². The van der Waals surface area contributed by atoms with E-state index in [1.54, 1.807) is 0 Å². The van der Waals surface area contributed by atoms with Crippen molar-refractivity contribution in [2.75, 3.05) is 13.2 Å². The van der Waals surface area contributed by atoms with E-state index in [2.05, 4.69) is 0 Å². The van der Waals surface area contributed by atoms with Gasteiger partial charge in [0.15, 0.2) is 0 Å². The second kappa shape index (κ2) is 15.7. The highest BCUT2D eigenvalue weighted by atomic mass is 16.3. The summed E-state index contributed by atoms with van der Waals surface area (Å²) in [6.07, 6.45) is 4.08. The van der Waals surface area contributed by atoms with E-state index in [1.807, 2.05) is 0 Å². The highest BCUT2D eigenvalue weighted by Crippen LogP contribution is 1.56. The normalized spacial score (nSPS) is 9.80. The van der Waals surface area contributed by atoms with Gasteiger partial charge < -0.3 is 20.4 Å². The van der Waals surface area contributed by atoms with Crippen molar-refractivity contribution in [3.8, 4) is 0 Å². The summed E-state index contributed by atoms with van der Waals surface area (Å²) in [4.78, 5) is 0. The topological polar surface area (TPSA) is 80.9 Å². The lowest BCUT2D eigenvalue weighted by Gasteiger charge is -1.66. The first-order valence-corrected chi connectivity index (χ1v) is 2.63. The van der Waals surface area contributed by atoms with Gasteiger partial charge in [-0.25, -0.2) is 0 Å². The highest BCUT2D eigenvalue weighted by Gasteiger charge is 1.54. The molecule has 0 saturated heterocycles. The van der Waals surface area contributed by atoms with Crippen molar-refractivity contribution < 1.29 is 20.4 Å². The van der Waals surface area contributed by atoms with Crippen LogP contribution in [0.4, 0.5) is 0 Å². The molecule has 4 N–H and O–H groups in total. The van der Waals surface area contributed by atoms with E-state index < -0.39 is 0 Å². The summed E-state index contributed by atoms with van der Waals surface area (Å²) in [5.41, 5.74) is 0. The Balaban J connectivity index is 0. The summed E-state index contributed by atoms with van der Waals surface area (Å²) in [5, 5.41) is 31.1. The smallest absolute Gasteiger partial charge is 0.0774 e. The molecule has 0 amide bonds. The van der Waals surface area contributed by atoms with Crippen LogP contribution in [0.3, 0.4) is 0 Å². The van der Waals surface area contributed by atoms with Crippen LogP contribution in [0.5, 0.6) is 0 Å². The summed E-state index contributed by atoms with van der Waals surface area (Å²) >= 11 is 0. The van der Waals surface area contributed by atoms with Crippen LogP contribution in [0, 0.1) is 0 Å². The molecule has 10 heavy (non-hydrogen) atoms. The molecule has 0 aliphatic carbocycles. The maximum Gasteiger partial charge on any atom is 0.0774 e. The third-order valence-electron chi connectivity index (χ3n) is 0.422. The fourth-order valence-corrected chi connectivity index (χ4v) is 0.0943. The molecule has 60 valence electrons. The monoisotopic (exact) mass is 148 g/mol. The molecular weight excluding hydrogens is 136 g/mol. The first-order valence-electron chi connectivity index (χ1n) is 2.63.